The molecule has 0 aromatic heterocycles. The molecular formula is C26H19. The molecular weight excluding hydrogens is 312 g/mol. The van der Waals surface area contributed by atoms with Gasteiger partial charge in [0.05, 0.1) is 0 Å². The van der Waals surface area contributed by atoms with Gasteiger partial charge in [0.25, 0.3) is 0 Å². The molecule has 0 aliphatic rings. The first-order chi connectivity index (χ1) is 12.9. The quantitative estimate of drug-likeness (QED) is 0.375. The second-order valence-electron chi connectivity index (χ2n) is 6.14. The molecule has 1 radical (unpaired) electrons. The van der Waals surface area contributed by atoms with E-state index >= 15 is 0 Å². The number of hydrogen-bond donors (Lipinski definition) is 0. The molecule has 4 aromatic rings. The second-order valence-corrected chi connectivity index (χ2v) is 6.14. The first-order valence-corrected chi connectivity index (χ1v) is 8.80. The van der Waals surface area contributed by atoms with Gasteiger partial charge in [-0.05, 0) is 45.5 Å². The van der Waals surface area contributed by atoms with Gasteiger partial charge in [-0.1, -0.05) is 109 Å². The summed E-state index contributed by atoms with van der Waals surface area (Å²) in [6.45, 7) is 0. The van der Waals surface area contributed by atoms with Crippen LogP contribution in [0.3, 0.4) is 0 Å². The van der Waals surface area contributed by atoms with Crippen molar-refractivity contribution in [3.63, 3.8) is 0 Å². The minimum Gasteiger partial charge on any atom is -0.0622 e. The maximum atomic E-state index is 3.23. The standard InChI is InChI=1S/C26H19/c1-5-13-21(14-6-1)25(22-15-7-2-8-16-22)26(23-17-9-3-10-18-23)24-19-11-4-12-20-24/h1-11,13-20H. The van der Waals surface area contributed by atoms with E-state index in [9.17, 15) is 0 Å². The van der Waals surface area contributed by atoms with E-state index in [4.69, 9.17) is 0 Å². The average molecular weight is 331 g/mol. The van der Waals surface area contributed by atoms with Crippen LogP contribution in [-0.4, -0.2) is 0 Å². The Morgan fingerprint density at radius 2 is 0.808 bits per heavy atom. The molecule has 123 valence electrons. The molecule has 0 amide bonds. The third-order valence-corrected chi connectivity index (χ3v) is 4.43. The van der Waals surface area contributed by atoms with Gasteiger partial charge in [-0.3, -0.25) is 0 Å². The summed E-state index contributed by atoms with van der Waals surface area (Å²) in [6, 6.07) is 43.3. The van der Waals surface area contributed by atoms with Crippen LogP contribution in [0.4, 0.5) is 0 Å². The summed E-state index contributed by atoms with van der Waals surface area (Å²) in [6.07, 6.45) is 0. The fourth-order valence-corrected chi connectivity index (χ4v) is 3.27. The first-order valence-electron chi connectivity index (χ1n) is 8.80. The van der Waals surface area contributed by atoms with Crippen molar-refractivity contribution in [1.82, 2.24) is 0 Å². The van der Waals surface area contributed by atoms with Gasteiger partial charge in [-0.2, -0.15) is 0 Å². The van der Waals surface area contributed by atoms with E-state index in [2.05, 4.69) is 109 Å². The van der Waals surface area contributed by atoms with E-state index in [1.807, 2.05) is 12.1 Å². The van der Waals surface area contributed by atoms with Gasteiger partial charge in [-0.25, -0.2) is 0 Å². The molecule has 0 heteroatoms. The van der Waals surface area contributed by atoms with E-state index < -0.39 is 0 Å². The number of hydrogen-bond acceptors (Lipinski definition) is 0. The van der Waals surface area contributed by atoms with Gasteiger partial charge in [0.2, 0.25) is 0 Å². The Labute approximate surface area is 155 Å². The van der Waals surface area contributed by atoms with Gasteiger partial charge in [0, 0.05) is 0 Å². The Morgan fingerprint density at radius 3 is 1.19 bits per heavy atom. The smallest absolute Gasteiger partial charge is 0.00266 e. The Hall–Kier alpha value is -3.38. The molecule has 0 heterocycles. The molecule has 4 aromatic carbocycles. The maximum absolute atomic E-state index is 3.23. The molecule has 4 rings (SSSR count). The average Bonchev–Trinajstić information content (AvgIpc) is 2.74. The van der Waals surface area contributed by atoms with E-state index in [0.29, 0.717) is 0 Å². The van der Waals surface area contributed by atoms with Crippen LogP contribution in [0.5, 0.6) is 0 Å². The lowest BCUT2D eigenvalue weighted by Gasteiger charge is -2.17. The van der Waals surface area contributed by atoms with Gasteiger partial charge < -0.3 is 0 Å². The van der Waals surface area contributed by atoms with Crippen LogP contribution in [0.1, 0.15) is 22.3 Å². The van der Waals surface area contributed by atoms with Crippen LogP contribution in [-0.2, 0) is 0 Å². The molecule has 0 spiro atoms. The normalized spacial score (nSPS) is 10.3. The summed E-state index contributed by atoms with van der Waals surface area (Å²) in [5.74, 6) is 0. The fourth-order valence-electron chi connectivity index (χ4n) is 3.27. The Bertz CT molecular complexity index is 815. The highest BCUT2D eigenvalue weighted by Gasteiger charge is 2.15. The van der Waals surface area contributed by atoms with Crippen molar-refractivity contribution in [2.75, 3.05) is 0 Å². The van der Waals surface area contributed by atoms with E-state index in [1.165, 1.54) is 33.4 Å². The molecule has 0 fully saturated rings. The predicted molar refractivity (Wildman–Crippen MR) is 110 cm³/mol. The van der Waals surface area contributed by atoms with E-state index in [0.717, 1.165) is 0 Å². The van der Waals surface area contributed by atoms with Gasteiger partial charge in [0.15, 0.2) is 0 Å². The van der Waals surface area contributed by atoms with Gasteiger partial charge in [-0.15, -0.1) is 0 Å². The molecule has 0 unspecified atom stereocenters. The van der Waals surface area contributed by atoms with Crippen LogP contribution in [0.2, 0.25) is 0 Å². The highest BCUT2D eigenvalue weighted by Crippen LogP contribution is 2.36. The Balaban J connectivity index is 2.09. The van der Waals surface area contributed by atoms with Crippen molar-refractivity contribution < 1.29 is 0 Å². The van der Waals surface area contributed by atoms with Crippen LogP contribution < -0.4 is 0 Å². The highest BCUT2D eigenvalue weighted by molar-refractivity contribution is 6.04. The molecule has 0 saturated carbocycles. The summed E-state index contributed by atoms with van der Waals surface area (Å²) in [4.78, 5) is 0. The molecule has 0 aliphatic carbocycles. The van der Waals surface area contributed by atoms with E-state index in [-0.39, 0.29) is 0 Å². The zero-order valence-corrected chi connectivity index (χ0v) is 14.5. The van der Waals surface area contributed by atoms with Gasteiger partial charge in [0.1, 0.15) is 0 Å². The molecule has 0 saturated heterocycles. The van der Waals surface area contributed by atoms with Crippen molar-refractivity contribution in [2.45, 2.75) is 0 Å². The van der Waals surface area contributed by atoms with Gasteiger partial charge >= 0.3 is 0 Å². The largest absolute Gasteiger partial charge is 0.0622 e. The fraction of sp³-hybridized carbons (Fsp3) is 0. The number of rotatable bonds is 4. The van der Waals surface area contributed by atoms with Crippen molar-refractivity contribution >= 4 is 11.1 Å². The Kier molecular flexibility index (Phi) is 4.75. The predicted octanol–water partition coefficient (Wildman–Crippen LogP) is 6.49. The third-order valence-electron chi connectivity index (χ3n) is 4.43. The van der Waals surface area contributed by atoms with Crippen LogP contribution >= 0.6 is 0 Å². The molecule has 26 heavy (non-hydrogen) atoms. The lowest BCUT2D eigenvalue weighted by Crippen LogP contribution is -1.97. The topological polar surface area (TPSA) is 0 Å². The van der Waals surface area contributed by atoms with Crippen molar-refractivity contribution in [1.29, 1.82) is 0 Å². The molecule has 0 nitrogen and oxygen atoms in total. The zero-order chi connectivity index (χ0) is 17.6. The summed E-state index contributed by atoms with van der Waals surface area (Å²) < 4.78 is 0. The van der Waals surface area contributed by atoms with Crippen molar-refractivity contribution in [3.8, 4) is 0 Å². The minimum absolute atomic E-state index is 1.17. The van der Waals surface area contributed by atoms with Crippen LogP contribution in [0, 0.1) is 6.07 Å². The van der Waals surface area contributed by atoms with Crippen LogP contribution in [0.25, 0.3) is 11.1 Å². The first kappa shape index (κ1) is 16.1. The molecule has 0 N–H and O–H groups in total. The lowest BCUT2D eigenvalue weighted by molar-refractivity contribution is 1.50. The number of benzene rings is 4. The monoisotopic (exact) mass is 331 g/mol. The van der Waals surface area contributed by atoms with Crippen molar-refractivity contribution in [3.05, 3.63) is 144 Å². The summed E-state index contributed by atoms with van der Waals surface area (Å²) in [5, 5.41) is 0. The highest BCUT2D eigenvalue weighted by atomic mass is 14.2. The maximum Gasteiger partial charge on any atom is -0.00266 e. The van der Waals surface area contributed by atoms with Crippen molar-refractivity contribution in [2.24, 2.45) is 0 Å². The lowest BCUT2D eigenvalue weighted by atomic mass is 9.86. The molecule has 0 bridgehead atoms. The van der Waals surface area contributed by atoms with Crippen LogP contribution in [0.15, 0.2) is 115 Å². The Morgan fingerprint density at radius 1 is 0.423 bits per heavy atom. The minimum atomic E-state index is 1.17. The second kappa shape index (κ2) is 7.67. The zero-order valence-electron chi connectivity index (χ0n) is 14.5. The summed E-state index contributed by atoms with van der Waals surface area (Å²) in [5.41, 5.74) is 7.25. The summed E-state index contributed by atoms with van der Waals surface area (Å²) in [7, 11) is 0. The molecule has 0 atom stereocenters. The summed E-state index contributed by atoms with van der Waals surface area (Å²) >= 11 is 0. The molecule has 0 aliphatic heterocycles. The van der Waals surface area contributed by atoms with E-state index in [1.54, 1.807) is 0 Å². The SMILES string of the molecule is [c]1cccc(C(=C(c2ccccc2)c2ccccc2)c2ccccc2)c1. The third kappa shape index (κ3) is 3.36.